The summed E-state index contributed by atoms with van der Waals surface area (Å²) >= 11 is 1.69. The number of ether oxygens (including phenoxy) is 1. The highest BCUT2D eigenvalue weighted by atomic mass is 32.1. The third-order valence-corrected chi connectivity index (χ3v) is 4.00. The Labute approximate surface area is 94.7 Å². The fraction of sp³-hybridized carbons (Fsp3) is 0.727. The van der Waals surface area contributed by atoms with Gasteiger partial charge in [0.25, 0.3) is 0 Å². The largest absolute Gasteiger partial charge is 0.381 e. The molecule has 1 fully saturated rings. The molecule has 0 aliphatic carbocycles. The lowest BCUT2D eigenvalue weighted by atomic mass is 9.92. The Morgan fingerprint density at radius 3 is 2.67 bits per heavy atom. The van der Waals surface area contributed by atoms with Crippen molar-refractivity contribution in [3.05, 3.63) is 16.1 Å². The third-order valence-electron chi connectivity index (χ3n) is 2.92. The van der Waals surface area contributed by atoms with Crippen molar-refractivity contribution in [2.24, 2.45) is 5.73 Å². The molecule has 15 heavy (non-hydrogen) atoms. The van der Waals surface area contributed by atoms with Crippen LogP contribution in [0.5, 0.6) is 0 Å². The van der Waals surface area contributed by atoms with Crippen molar-refractivity contribution >= 4 is 11.3 Å². The lowest BCUT2D eigenvalue weighted by molar-refractivity contribution is 0.0521. The first-order valence-electron chi connectivity index (χ1n) is 5.44. The van der Waals surface area contributed by atoms with Gasteiger partial charge in [0.15, 0.2) is 0 Å². The number of hydrogen-bond acceptors (Lipinski definition) is 4. The van der Waals surface area contributed by atoms with Gasteiger partial charge in [0.2, 0.25) is 0 Å². The average Bonchev–Trinajstić information content (AvgIpc) is 2.68. The quantitative estimate of drug-likeness (QED) is 0.841. The molecule has 3 nitrogen and oxygen atoms in total. The first-order valence-corrected chi connectivity index (χ1v) is 6.32. The predicted octanol–water partition coefficient (Wildman–Crippen LogP) is 2.23. The van der Waals surface area contributed by atoms with Gasteiger partial charge >= 0.3 is 0 Å². The smallest absolute Gasteiger partial charge is 0.113 e. The molecule has 2 rings (SSSR count). The van der Waals surface area contributed by atoms with E-state index in [2.05, 4.69) is 24.2 Å². The van der Waals surface area contributed by atoms with E-state index >= 15 is 0 Å². The molecule has 2 heterocycles. The molecule has 0 radical (unpaired) electrons. The second kappa shape index (κ2) is 4.20. The number of aromatic nitrogens is 1. The summed E-state index contributed by atoms with van der Waals surface area (Å²) < 4.78 is 5.34. The van der Waals surface area contributed by atoms with E-state index in [1.807, 2.05) is 0 Å². The van der Waals surface area contributed by atoms with E-state index in [9.17, 15) is 0 Å². The van der Waals surface area contributed by atoms with Crippen LogP contribution in [0.15, 0.2) is 5.38 Å². The second-order valence-electron chi connectivity index (χ2n) is 4.50. The minimum atomic E-state index is -0.240. The molecule has 0 unspecified atom stereocenters. The monoisotopic (exact) mass is 226 g/mol. The van der Waals surface area contributed by atoms with Crippen LogP contribution in [0.2, 0.25) is 0 Å². The lowest BCUT2D eigenvalue weighted by Crippen LogP contribution is -2.42. The van der Waals surface area contributed by atoms with E-state index in [0.29, 0.717) is 5.92 Å². The van der Waals surface area contributed by atoms with E-state index in [4.69, 9.17) is 10.5 Å². The highest BCUT2D eigenvalue weighted by Crippen LogP contribution is 2.32. The highest BCUT2D eigenvalue weighted by molar-refractivity contribution is 7.09. The molecule has 84 valence electrons. The number of thiazole rings is 1. The van der Waals surface area contributed by atoms with E-state index in [1.165, 1.54) is 0 Å². The topological polar surface area (TPSA) is 48.1 Å². The van der Waals surface area contributed by atoms with Crippen molar-refractivity contribution < 1.29 is 4.74 Å². The molecule has 0 spiro atoms. The fourth-order valence-corrected chi connectivity index (χ4v) is 2.88. The van der Waals surface area contributed by atoms with Crippen LogP contribution in [-0.4, -0.2) is 18.2 Å². The Kier molecular flexibility index (Phi) is 3.09. The number of hydrogen-bond donors (Lipinski definition) is 1. The summed E-state index contributed by atoms with van der Waals surface area (Å²) in [6.07, 6.45) is 1.77. The van der Waals surface area contributed by atoms with E-state index < -0.39 is 0 Å². The lowest BCUT2D eigenvalue weighted by Gasteiger charge is -2.31. The van der Waals surface area contributed by atoms with Crippen molar-refractivity contribution in [3.8, 4) is 0 Å². The van der Waals surface area contributed by atoms with Gasteiger partial charge in [0.05, 0.1) is 11.2 Å². The standard InChI is InChI=1S/C11H18N2OS/c1-8(2)9-7-15-10(13-9)11(12)3-5-14-6-4-11/h7-8H,3-6,12H2,1-2H3. The molecule has 0 aromatic carbocycles. The molecule has 1 aromatic rings. The van der Waals surface area contributed by atoms with Crippen molar-refractivity contribution in [2.75, 3.05) is 13.2 Å². The number of rotatable bonds is 2. The molecule has 0 amide bonds. The first-order chi connectivity index (χ1) is 7.12. The van der Waals surface area contributed by atoms with Gasteiger partial charge in [0, 0.05) is 18.6 Å². The van der Waals surface area contributed by atoms with Crippen LogP contribution < -0.4 is 5.73 Å². The summed E-state index contributed by atoms with van der Waals surface area (Å²) in [6, 6.07) is 0. The van der Waals surface area contributed by atoms with Crippen molar-refractivity contribution in [1.82, 2.24) is 4.98 Å². The molecule has 1 saturated heterocycles. The van der Waals surface area contributed by atoms with Gasteiger partial charge < -0.3 is 10.5 Å². The van der Waals surface area contributed by atoms with E-state index in [0.717, 1.165) is 36.8 Å². The third kappa shape index (κ3) is 2.22. The van der Waals surface area contributed by atoms with Gasteiger partial charge in [0.1, 0.15) is 5.01 Å². The summed E-state index contributed by atoms with van der Waals surface area (Å²) in [4.78, 5) is 4.64. The van der Waals surface area contributed by atoms with Crippen LogP contribution in [0.3, 0.4) is 0 Å². The zero-order valence-corrected chi connectivity index (χ0v) is 10.1. The Hall–Kier alpha value is -0.450. The minimum Gasteiger partial charge on any atom is -0.381 e. The zero-order valence-electron chi connectivity index (χ0n) is 9.32. The van der Waals surface area contributed by atoms with Gasteiger partial charge in [-0.15, -0.1) is 11.3 Å². The molecule has 2 N–H and O–H groups in total. The Bertz CT molecular complexity index is 329. The molecule has 0 saturated carbocycles. The summed E-state index contributed by atoms with van der Waals surface area (Å²) in [5.74, 6) is 0.485. The maximum Gasteiger partial charge on any atom is 0.113 e. The summed E-state index contributed by atoms with van der Waals surface area (Å²) in [5.41, 5.74) is 7.28. The number of nitrogens with zero attached hydrogens (tertiary/aromatic N) is 1. The normalized spacial score (nSPS) is 20.8. The van der Waals surface area contributed by atoms with Crippen LogP contribution in [-0.2, 0) is 10.3 Å². The molecule has 1 aliphatic rings. The van der Waals surface area contributed by atoms with Crippen LogP contribution in [0.1, 0.15) is 43.3 Å². The van der Waals surface area contributed by atoms with Gasteiger partial charge in [-0.25, -0.2) is 4.98 Å². The zero-order chi connectivity index (χ0) is 10.9. The molecule has 0 atom stereocenters. The molecular weight excluding hydrogens is 208 g/mol. The van der Waals surface area contributed by atoms with Crippen LogP contribution in [0.4, 0.5) is 0 Å². The van der Waals surface area contributed by atoms with Crippen molar-refractivity contribution in [1.29, 1.82) is 0 Å². The van der Waals surface area contributed by atoms with Crippen LogP contribution in [0, 0.1) is 0 Å². The molecule has 1 aliphatic heterocycles. The van der Waals surface area contributed by atoms with Gasteiger partial charge in [-0.1, -0.05) is 13.8 Å². The number of nitrogens with two attached hydrogens (primary N) is 1. The SMILES string of the molecule is CC(C)c1csc(C2(N)CCOCC2)n1. The van der Waals surface area contributed by atoms with Gasteiger partial charge in [-0.2, -0.15) is 0 Å². The maximum atomic E-state index is 6.36. The average molecular weight is 226 g/mol. The molecule has 1 aromatic heterocycles. The molecule has 4 heteroatoms. The fourth-order valence-electron chi connectivity index (χ4n) is 1.73. The Morgan fingerprint density at radius 1 is 1.47 bits per heavy atom. The first kappa shape index (κ1) is 11.0. The maximum absolute atomic E-state index is 6.36. The van der Waals surface area contributed by atoms with Crippen molar-refractivity contribution in [3.63, 3.8) is 0 Å². The van der Waals surface area contributed by atoms with Gasteiger partial charge in [-0.05, 0) is 18.8 Å². The summed E-state index contributed by atoms with van der Waals surface area (Å²) in [7, 11) is 0. The molecule has 0 bridgehead atoms. The summed E-state index contributed by atoms with van der Waals surface area (Å²) in [6.45, 7) is 5.83. The second-order valence-corrected chi connectivity index (χ2v) is 5.36. The Morgan fingerprint density at radius 2 is 2.13 bits per heavy atom. The van der Waals surface area contributed by atoms with E-state index in [-0.39, 0.29) is 5.54 Å². The van der Waals surface area contributed by atoms with Gasteiger partial charge in [-0.3, -0.25) is 0 Å². The van der Waals surface area contributed by atoms with E-state index in [1.54, 1.807) is 11.3 Å². The van der Waals surface area contributed by atoms with Crippen LogP contribution in [0.25, 0.3) is 0 Å². The highest BCUT2D eigenvalue weighted by Gasteiger charge is 2.33. The molecular formula is C11H18N2OS. The Balaban J connectivity index is 2.20. The predicted molar refractivity (Wildman–Crippen MR) is 62.1 cm³/mol. The minimum absolute atomic E-state index is 0.240. The summed E-state index contributed by atoms with van der Waals surface area (Å²) in [5, 5.41) is 3.21. The van der Waals surface area contributed by atoms with Crippen molar-refractivity contribution in [2.45, 2.75) is 38.1 Å². The van der Waals surface area contributed by atoms with Crippen LogP contribution >= 0.6 is 11.3 Å².